The zero-order chi connectivity index (χ0) is 16.1. The number of nitrogens with one attached hydrogen (secondary N) is 1. The van der Waals surface area contributed by atoms with Crippen LogP contribution in [0.3, 0.4) is 0 Å². The quantitative estimate of drug-likeness (QED) is 0.841. The van der Waals surface area contributed by atoms with E-state index in [1.54, 1.807) is 18.2 Å². The summed E-state index contributed by atoms with van der Waals surface area (Å²) in [6.45, 7) is 1.41. The largest absolute Gasteiger partial charge is 0.493 e. The molecule has 0 aliphatic heterocycles. The molecule has 22 heavy (non-hydrogen) atoms. The number of carboxylic acid groups (broad SMARTS) is 1. The van der Waals surface area contributed by atoms with Gasteiger partial charge in [0.25, 0.3) is 5.91 Å². The average Bonchev–Trinajstić information content (AvgIpc) is 3.00. The van der Waals surface area contributed by atoms with Gasteiger partial charge in [-0.15, -0.1) is 0 Å². The third kappa shape index (κ3) is 3.90. The number of carbonyl (C=O) groups is 2. The van der Waals surface area contributed by atoms with E-state index in [-0.39, 0.29) is 6.10 Å². The van der Waals surface area contributed by atoms with E-state index in [4.69, 9.17) is 14.6 Å². The van der Waals surface area contributed by atoms with E-state index in [0.29, 0.717) is 17.1 Å². The molecule has 2 rings (SSSR count). The smallest absolute Gasteiger partial charge is 0.325 e. The molecular weight excluding hydrogens is 286 g/mol. The lowest BCUT2D eigenvalue weighted by atomic mass is 10.1. The van der Waals surface area contributed by atoms with Crippen LogP contribution < -0.4 is 14.8 Å². The molecule has 6 heteroatoms. The summed E-state index contributed by atoms with van der Waals surface area (Å²) < 4.78 is 11.2. The number of ether oxygens (including phenoxy) is 2. The van der Waals surface area contributed by atoms with Gasteiger partial charge in [-0.3, -0.25) is 9.59 Å². The van der Waals surface area contributed by atoms with Crippen LogP contribution >= 0.6 is 0 Å². The second-order valence-electron chi connectivity index (χ2n) is 5.42. The number of rotatable bonds is 6. The van der Waals surface area contributed by atoms with E-state index in [0.717, 1.165) is 12.8 Å². The first-order chi connectivity index (χ1) is 10.5. The fourth-order valence-corrected chi connectivity index (χ4v) is 2.43. The van der Waals surface area contributed by atoms with E-state index in [1.807, 2.05) is 0 Å². The van der Waals surface area contributed by atoms with Crippen molar-refractivity contribution in [2.24, 2.45) is 0 Å². The molecule has 0 bridgehead atoms. The van der Waals surface area contributed by atoms with Crippen LogP contribution in [0.15, 0.2) is 18.2 Å². The normalized spacial score (nSPS) is 16.1. The van der Waals surface area contributed by atoms with Crippen molar-refractivity contribution >= 4 is 11.9 Å². The molecule has 1 aromatic carbocycles. The molecule has 1 aliphatic rings. The number of carbonyl (C=O) groups excluding carboxylic acids is 1. The Morgan fingerprint density at radius 2 is 1.95 bits per heavy atom. The highest BCUT2D eigenvalue weighted by Crippen LogP contribution is 2.32. The third-order valence-corrected chi connectivity index (χ3v) is 3.74. The first-order valence-electron chi connectivity index (χ1n) is 7.39. The SMILES string of the molecule is COc1cc(C(=O)NC(C)C(=O)O)ccc1OC1CCCC1. The van der Waals surface area contributed by atoms with Gasteiger partial charge in [0.2, 0.25) is 0 Å². The Morgan fingerprint density at radius 3 is 2.55 bits per heavy atom. The van der Waals surface area contributed by atoms with Gasteiger partial charge in [0.05, 0.1) is 13.2 Å². The van der Waals surface area contributed by atoms with E-state index >= 15 is 0 Å². The fourth-order valence-electron chi connectivity index (χ4n) is 2.43. The summed E-state index contributed by atoms with van der Waals surface area (Å²) in [5.74, 6) is -0.457. The standard InChI is InChI=1S/C16H21NO5/c1-10(16(19)20)17-15(18)11-7-8-13(14(9-11)21-2)22-12-5-3-4-6-12/h7-10,12H,3-6H2,1-2H3,(H,17,18)(H,19,20). The number of amides is 1. The van der Waals surface area contributed by atoms with Crippen molar-refractivity contribution in [3.8, 4) is 11.5 Å². The van der Waals surface area contributed by atoms with Crippen LogP contribution in [0, 0.1) is 0 Å². The monoisotopic (exact) mass is 307 g/mol. The molecule has 0 radical (unpaired) electrons. The second kappa shape index (κ2) is 7.15. The lowest BCUT2D eigenvalue weighted by Gasteiger charge is -2.17. The van der Waals surface area contributed by atoms with Gasteiger partial charge in [-0.05, 0) is 50.8 Å². The minimum atomic E-state index is -1.08. The van der Waals surface area contributed by atoms with Gasteiger partial charge < -0.3 is 19.9 Å². The molecule has 0 spiro atoms. The molecule has 1 aliphatic carbocycles. The van der Waals surface area contributed by atoms with E-state index in [9.17, 15) is 9.59 Å². The zero-order valence-electron chi connectivity index (χ0n) is 12.8. The van der Waals surface area contributed by atoms with Crippen molar-refractivity contribution < 1.29 is 24.2 Å². The van der Waals surface area contributed by atoms with Crippen LogP contribution in [0.4, 0.5) is 0 Å². The predicted molar refractivity (Wildman–Crippen MR) is 80.4 cm³/mol. The molecule has 0 aromatic heterocycles. The Labute approximate surface area is 129 Å². The summed E-state index contributed by atoms with van der Waals surface area (Å²) in [6, 6.07) is 3.91. The van der Waals surface area contributed by atoms with Crippen molar-refractivity contribution in [1.82, 2.24) is 5.32 Å². The summed E-state index contributed by atoms with van der Waals surface area (Å²) in [5.41, 5.74) is 0.337. The summed E-state index contributed by atoms with van der Waals surface area (Å²) in [6.07, 6.45) is 4.59. The van der Waals surface area contributed by atoms with Crippen LogP contribution in [0.25, 0.3) is 0 Å². The maximum atomic E-state index is 12.0. The van der Waals surface area contributed by atoms with Crippen LogP contribution in [-0.4, -0.2) is 36.2 Å². The van der Waals surface area contributed by atoms with Crippen molar-refractivity contribution in [1.29, 1.82) is 0 Å². The Kier molecular flexibility index (Phi) is 5.25. The zero-order valence-corrected chi connectivity index (χ0v) is 12.8. The summed E-state index contributed by atoms with van der Waals surface area (Å²) >= 11 is 0. The Hall–Kier alpha value is -2.24. The summed E-state index contributed by atoms with van der Waals surface area (Å²) in [4.78, 5) is 22.8. The Morgan fingerprint density at radius 1 is 1.27 bits per heavy atom. The Balaban J connectivity index is 2.10. The van der Waals surface area contributed by atoms with Crippen molar-refractivity contribution in [3.05, 3.63) is 23.8 Å². The van der Waals surface area contributed by atoms with Crippen molar-refractivity contribution in [2.45, 2.75) is 44.8 Å². The number of methoxy groups -OCH3 is 1. The highest BCUT2D eigenvalue weighted by Gasteiger charge is 2.20. The lowest BCUT2D eigenvalue weighted by Crippen LogP contribution is -2.38. The molecular formula is C16H21NO5. The molecule has 1 atom stereocenters. The van der Waals surface area contributed by atoms with Crippen LogP contribution in [-0.2, 0) is 4.79 Å². The minimum Gasteiger partial charge on any atom is -0.493 e. The molecule has 2 N–H and O–H groups in total. The van der Waals surface area contributed by atoms with E-state index in [1.165, 1.54) is 26.9 Å². The van der Waals surface area contributed by atoms with E-state index < -0.39 is 17.9 Å². The minimum absolute atomic E-state index is 0.195. The van der Waals surface area contributed by atoms with Gasteiger partial charge in [-0.25, -0.2) is 0 Å². The molecule has 6 nitrogen and oxygen atoms in total. The van der Waals surface area contributed by atoms with Gasteiger partial charge in [-0.1, -0.05) is 0 Å². The fraction of sp³-hybridized carbons (Fsp3) is 0.500. The van der Waals surface area contributed by atoms with E-state index in [2.05, 4.69) is 5.32 Å². The summed E-state index contributed by atoms with van der Waals surface area (Å²) in [7, 11) is 1.51. The second-order valence-corrected chi connectivity index (χ2v) is 5.42. The first-order valence-corrected chi connectivity index (χ1v) is 7.39. The number of aliphatic carboxylic acids is 1. The molecule has 1 amide bonds. The average molecular weight is 307 g/mol. The van der Waals surface area contributed by atoms with Crippen molar-refractivity contribution in [3.63, 3.8) is 0 Å². The van der Waals surface area contributed by atoms with Gasteiger partial charge in [0.15, 0.2) is 11.5 Å². The highest BCUT2D eigenvalue weighted by atomic mass is 16.5. The number of benzene rings is 1. The van der Waals surface area contributed by atoms with Gasteiger partial charge in [0.1, 0.15) is 6.04 Å². The lowest BCUT2D eigenvalue weighted by molar-refractivity contribution is -0.138. The molecule has 1 unspecified atom stereocenters. The Bertz CT molecular complexity index is 551. The molecule has 0 heterocycles. The number of hydrogen-bond acceptors (Lipinski definition) is 4. The van der Waals surface area contributed by atoms with Crippen LogP contribution in [0.1, 0.15) is 43.0 Å². The van der Waals surface area contributed by atoms with Gasteiger partial charge in [0, 0.05) is 5.56 Å². The van der Waals surface area contributed by atoms with Crippen LogP contribution in [0.2, 0.25) is 0 Å². The first kappa shape index (κ1) is 16.1. The summed E-state index contributed by atoms with van der Waals surface area (Å²) in [5, 5.41) is 11.2. The van der Waals surface area contributed by atoms with Crippen LogP contribution in [0.5, 0.6) is 11.5 Å². The highest BCUT2D eigenvalue weighted by molar-refractivity contribution is 5.97. The molecule has 120 valence electrons. The van der Waals surface area contributed by atoms with Gasteiger partial charge in [-0.2, -0.15) is 0 Å². The molecule has 0 saturated heterocycles. The predicted octanol–water partition coefficient (Wildman–Crippen LogP) is 2.22. The number of carboxylic acids is 1. The molecule has 1 aromatic rings. The maximum Gasteiger partial charge on any atom is 0.325 e. The van der Waals surface area contributed by atoms with Crippen molar-refractivity contribution in [2.75, 3.05) is 7.11 Å². The molecule has 1 saturated carbocycles. The topological polar surface area (TPSA) is 84.9 Å². The third-order valence-electron chi connectivity index (χ3n) is 3.74. The maximum absolute atomic E-state index is 12.0. The van der Waals surface area contributed by atoms with Gasteiger partial charge >= 0.3 is 5.97 Å². The number of hydrogen-bond donors (Lipinski definition) is 2. The molecule has 1 fully saturated rings.